The standard InChI is InChI=1S/C13H13NO3S/c1-9-2-5-11(6-3-9)18(16,17)13-8-10(14)4-7-12(13)15/h2-8,15H,14H2,1H3. The Morgan fingerprint density at radius 3 is 2.28 bits per heavy atom. The van der Waals surface area contributed by atoms with Gasteiger partial charge in [0.2, 0.25) is 9.84 Å². The summed E-state index contributed by atoms with van der Waals surface area (Å²) >= 11 is 0. The number of phenols is 1. The minimum Gasteiger partial charge on any atom is -0.507 e. The molecule has 0 amide bonds. The van der Waals surface area contributed by atoms with E-state index in [1.54, 1.807) is 12.1 Å². The normalized spacial score (nSPS) is 11.4. The Morgan fingerprint density at radius 1 is 1.06 bits per heavy atom. The van der Waals surface area contributed by atoms with Crippen molar-refractivity contribution < 1.29 is 13.5 Å². The van der Waals surface area contributed by atoms with Gasteiger partial charge >= 0.3 is 0 Å². The quantitative estimate of drug-likeness (QED) is 0.642. The number of aryl methyl sites for hydroxylation is 1. The maximum atomic E-state index is 12.3. The second-order valence-corrected chi connectivity index (χ2v) is 5.96. The van der Waals surface area contributed by atoms with Crippen LogP contribution >= 0.6 is 0 Å². The number of rotatable bonds is 2. The van der Waals surface area contributed by atoms with Crippen LogP contribution in [0.3, 0.4) is 0 Å². The topological polar surface area (TPSA) is 80.4 Å². The number of phenolic OH excluding ortho intramolecular Hbond substituents is 1. The fraction of sp³-hybridized carbons (Fsp3) is 0.0769. The van der Waals surface area contributed by atoms with E-state index in [0.717, 1.165) is 5.56 Å². The first-order valence-electron chi connectivity index (χ1n) is 5.31. The van der Waals surface area contributed by atoms with Crippen LogP contribution in [0.25, 0.3) is 0 Å². The fourth-order valence-corrected chi connectivity index (χ4v) is 2.97. The number of anilines is 1. The number of benzene rings is 2. The SMILES string of the molecule is Cc1ccc(S(=O)(=O)c2cc(N)ccc2O)cc1. The van der Waals surface area contributed by atoms with Crippen LogP contribution in [0.5, 0.6) is 5.75 Å². The van der Waals surface area contributed by atoms with Crippen molar-refractivity contribution in [2.45, 2.75) is 16.7 Å². The molecule has 5 heteroatoms. The minimum absolute atomic E-state index is 0.133. The Labute approximate surface area is 106 Å². The van der Waals surface area contributed by atoms with Crippen LogP contribution in [0.2, 0.25) is 0 Å². The monoisotopic (exact) mass is 263 g/mol. The summed E-state index contributed by atoms with van der Waals surface area (Å²) in [6, 6.07) is 10.4. The first-order chi connectivity index (χ1) is 8.41. The predicted molar refractivity (Wildman–Crippen MR) is 69.2 cm³/mol. The molecule has 0 atom stereocenters. The second-order valence-electron chi connectivity index (χ2n) is 4.04. The number of hydrogen-bond donors (Lipinski definition) is 2. The van der Waals surface area contributed by atoms with Crippen molar-refractivity contribution in [2.75, 3.05) is 5.73 Å². The van der Waals surface area contributed by atoms with Crippen molar-refractivity contribution in [1.82, 2.24) is 0 Å². The lowest BCUT2D eigenvalue weighted by Crippen LogP contribution is -2.03. The van der Waals surface area contributed by atoms with Gasteiger partial charge in [0.1, 0.15) is 10.6 Å². The lowest BCUT2D eigenvalue weighted by Gasteiger charge is -2.07. The Bertz CT molecular complexity index is 676. The summed E-state index contributed by atoms with van der Waals surface area (Å²) in [6.07, 6.45) is 0. The van der Waals surface area contributed by atoms with Gasteiger partial charge in [0.05, 0.1) is 4.90 Å². The summed E-state index contributed by atoms with van der Waals surface area (Å²) in [7, 11) is -3.74. The first kappa shape index (κ1) is 12.4. The highest BCUT2D eigenvalue weighted by atomic mass is 32.2. The zero-order valence-corrected chi connectivity index (χ0v) is 10.6. The summed E-state index contributed by atoms with van der Waals surface area (Å²) in [5.74, 6) is -0.301. The molecule has 0 saturated carbocycles. The molecular weight excluding hydrogens is 250 g/mol. The molecule has 94 valence electrons. The molecule has 2 rings (SSSR count). The third-order valence-electron chi connectivity index (χ3n) is 2.60. The number of aromatic hydroxyl groups is 1. The Balaban J connectivity index is 2.61. The van der Waals surface area contributed by atoms with E-state index in [9.17, 15) is 13.5 Å². The molecule has 0 aromatic heterocycles. The highest BCUT2D eigenvalue weighted by Crippen LogP contribution is 2.30. The Morgan fingerprint density at radius 2 is 1.67 bits per heavy atom. The molecule has 2 aromatic rings. The largest absolute Gasteiger partial charge is 0.507 e. The van der Waals surface area contributed by atoms with Crippen molar-refractivity contribution >= 4 is 15.5 Å². The smallest absolute Gasteiger partial charge is 0.210 e. The summed E-state index contributed by atoms with van der Waals surface area (Å²) in [6.45, 7) is 1.87. The maximum absolute atomic E-state index is 12.3. The van der Waals surface area contributed by atoms with Crippen molar-refractivity contribution in [3.05, 3.63) is 48.0 Å². The molecule has 0 heterocycles. The van der Waals surface area contributed by atoms with E-state index in [4.69, 9.17) is 5.73 Å². The van der Waals surface area contributed by atoms with E-state index in [1.807, 2.05) is 6.92 Å². The zero-order chi connectivity index (χ0) is 13.3. The molecule has 0 fully saturated rings. The molecule has 0 spiro atoms. The van der Waals surface area contributed by atoms with E-state index in [-0.39, 0.29) is 15.5 Å². The molecule has 2 aromatic carbocycles. The average molecular weight is 263 g/mol. The average Bonchev–Trinajstić information content (AvgIpc) is 2.32. The van der Waals surface area contributed by atoms with Gasteiger partial charge in [-0.25, -0.2) is 8.42 Å². The van der Waals surface area contributed by atoms with Crippen molar-refractivity contribution in [1.29, 1.82) is 0 Å². The van der Waals surface area contributed by atoms with Gasteiger partial charge in [-0.05, 0) is 37.3 Å². The van der Waals surface area contributed by atoms with E-state index >= 15 is 0 Å². The van der Waals surface area contributed by atoms with E-state index in [2.05, 4.69) is 0 Å². The van der Waals surface area contributed by atoms with Crippen LogP contribution in [0.15, 0.2) is 52.3 Å². The first-order valence-corrected chi connectivity index (χ1v) is 6.80. The highest BCUT2D eigenvalue weighted by Gasteiger charge is 2.21. The maximum Gasteiger partial charge on any atom is 0.210 e. The lowest BCUT2D eigenvalue weighted by molar-refractivity contribution is 0.459. The van der Waals surface area contributed by atoms with Crippen LogP contribution in [-0.4, -0.2) is 13.5 Å². The van der Waals surface area contributed by atoms with Crippen LogP contribution in [0.4, 0.5) is 5.69 Å². The van der Waals surface area contributed by atoms with E-state index in [1.165, 1.54) is 30.3 Å². The molecular formula is C13H13NO3S. The third kappa shape index (κ3) is 2.17. The van der Waals surface area contributed by atoms with Crippen LogP contribution in [0, 0.1) is 6.92 Å². The molecule has 18 heavy (non-hydrogen) atoms. The second kappa shape index (κ2) is 4.34. The van der Waals surface area contributed by atoms with Crippen molar-refractivity contribution in [3.8, 4) is 5.75 Å². The van der Waals surface area contributed by atoms with Gasteiger partial charge in [0.15, 0.2) is 0 Å². The Hall–Kier alpha value is -2.01. The third-order valence-corrected chi connectivity index (χ3v) is 4.40. The van der Waals surface area contributed by atoms with Crippen LogP contribution in [-0.2, 0) is 9.84 Å². The summed E-state index contributed by atoms with van der Waals surface area (Å²) in [5.41, 5.74) is 6.80. The molecule has 0 unspecified atom stereocenters. The van der Waals surface area contributed by atoms with Gasteiger partial charge in [0.25, 0.3) is 0 Å². The van der Waals surface area contributed by atoms with Gasteiger partial charge in [-0.3, -0.25) is 0 Å². The van der Waals surface area contributed by atoms with Gasteiger partial charge in [-0.2, -0.15) is 0 Å². The number of hydrogen-bond acceptors (Lipinski definition) is 4. The Kier molecular flexibility index (Phi) is 3.00. The summed E-state index contributed by atoms with van der Waals surface area (Å²) < 4.78 is 24.6. The fourth-order valence-electron chi connectivity index (χ4n) is 1.59. The molecule has 3 N–H and O–H groups in total. The van der Waals surface area contributed by atoms with Gasteiger partial charge in [-0.15, -0.1) is 0 Å². The highest BCUT2D eigenvalue weighted by molar-refractivity contribution is 7.91. The number of sulfone groups is 1. The lowest BCUT2D eigenvalue weighted by atomic mass is 10.2. The minimum atomic E-state index is -3.74. The molecule has 4 nitrogen and oxygen atoms in total. The molecule has 0 aliphatic carbocycles. The number of nitrogens with two attached hydrogens (primary N) is 1. The van der Waals surface area contributed by atoms with Crippen LogP contribution in [0.1, 0.15) is 5.56 Å². The van der Waals surface area contributed by atoms with E-state index in [0.29, 0.717) is 5.69 Å². The van der Waals surface area contributed by atoms with Crippen molar-refractivity contribution in [3.63, 3.8) is 0 Å². The molecule has 0 saturated heterocycles. The molecule has 0 aliphatic rings. The zero-order valence-electron chi connectivity index (χ0n) is 9.79. The summed E-state index contributed by atoms with van der Waals surface area (Å²) in [5, 5.41) is 9.65. The number of nitrogen functional groups attached to an aromatic ring is 1. The molecule has 0 bridgehead atoms. The van der Waals surface area contributed by atoms with Gasteiger partial charge in [-0.1, -0.05) is 17.7 Å². The van der Waals surface area contributed by atoms with Crippen molar-refractivity contribution in [2.24, 2.45) is 0 Å². The molecule has 0 aliphatic heterocycles. The van der Waals surface area contributed by atoms with Gasteiger partial charge in [0, 0.05) is 5.69 Å². The van der Waals surface area contributed by atoms with Gasteiger partial charge < -0.3 is 10.8 Å². The van der Waals surface area contributed by atoms with E-state index < -0.39 is 9.84 Å². The predicted octanol–water partition coefficient (Wildman–Crippen LogP) is 2.12. The molecule has 0 radical (unpaired) electrons. The van der Waals surface area contributed by atoms with Crippen LogP contribution < -0.4 is 5.73 Å². The summed E-state index contributed by atoms with van der Waals surface area (Å²) in [4.78, 5) is -0.0413.